The van der Waals surface area contributed by atoms with Gasteiger partial charge in [0.25, 0.3) is 0 Å². The van der Waals surface area contributed by atoms with E-state index in [1.54, 1.807) is 49.1 Å². The Kier molecular flexibility index (Phi) is 24.4. The van der Waals surface area contributed by atoms with E-state index in [2.05, 4.69) is 31.9 Å². The fourth-order valence-corrected chi connectivity index (χ4v) is 7.43. The zero-order valence-electron chi connectivity index (χ0n) is 37.1. The van der Waals surface area contributed by atoms with Crippen molar-refractivity contribution in [2.75, 3.05) is 32.5 Å². The average molecular weight is 921 g/mol. The number of nitrogens with one attached hydrogen (secondary N) is 6. The van der Waals surface area contributed by atoms with Crippen LogP contribution in [0.3, 0.4) is 0 Å². The summed E-state index contributed by atoms with van der Waals surface area (Å²) in [5, 5.41) is 34.7. The summed E-state index contributed by atoms with van der Waals surface area (Å²) in [5.74, 6) is -7.26. The normalized spacial score (nSPS) is 16.9. The topological polar surface area (TPSA) is 348 Å². The number of carbonyl (C=O) groups is 9. The van der Waals surface area contributed by atoms with Crippen molar-refractivity contribution in [1.82, 2.24) is 36.8 Å². The largest absolute Gasteiger partial charge is 0.481 e. The molecule has 1 aromatic rings. The molecule has 1 saturated heterocycles. The molecule has 2 rings (SSSR count). The Morgan fingerprint density at radius 3 is 2.03 bits per heavy atom. The van der Waals surface area contributed by atoms with Crippen LogP contribution in [-0.2, 0) is 49.6 Å². The molecule has 0 radical (unpaired) electrons. The minimum Gasteiger partial charge on any atom is -0.481 e. The monoisotopic (exact) mass is 920 g/mol. The summed E-state index contributed by atoms with van der Waals surface area (Å²) >= 11 is 1.41. The van der Waals surface area contributed by atoms with Gasteiger partial charge in [0, 0.05) is 32.4 Å². The molecule has 8 atom stereocenters. The molecule has 3 unspecified atom stereocenters. The van der Waals surface area contributed by atoms with Crippen molar-refractivity contribution < 1.29 is 53.4 Å². The van der Waals surface area contributed by atoms with Crippen LogP contribution in [0.1, 0.15) is 84.1 Å². The second-order valence-corrected chi connectivity index (χ2v) is 17.4. The molecule has 14 N–H and O–H groups in total. The Labute approximate surface area is 378 Å². The minimum absolute atomic E-state index is 0.0479. The van der Waals surface area contributed by atoms with E-state index >= 15 is 0 Å². The lowest BCUT2D eigenvalue weighted by molar-refractivity contribution is -0.141. The molecular formula is C42H68N10O11S. The van der Waals surface area contributed by atoms with Gasteiger partial charge in [-0.15, -0.1) is 11.8 Å². The number of rotatable bonds is 30. The van der Waals surface area contributed by atoms with Crippen molar-refractivity contribution >= 4 is 65.0 Å². The summed E-state index contributed by atoms with van der Waals surface area (Å²) < 4.78 is 0. The van der Waals surface area contributed by atoms with Gasteiger partial charge in [-0.2, -0.15) is 0 Å². The summed E-state index contributed by atoms with van der Waals surface area (Å²) in [5.41, 5.74) is 17.2. The third-order valence-electron chi connectivity index (χ3n) is 10.6. The fraction of sp³-hybridized carbons (Fsp3) is 0.643. The lowest BCUT2D eigenvalue weighted by Crippen LogP contribution is -2.61. The summed E-state index contributed by atoms with van der Waals surface area (Å²) in [4.78, 5) is 117. The molecular weight excluding hydrogens is 853 g/mol. The van der Waals surface area contributed by atoms with Crippen LogP contribution in [0, 0.1) is 11.8 Å². The molecule has 0 spiro atoms. The highest BCUT2D eigenvalue weighted by molar-refractivity contribution is 7.99. The molecule has 1 aliphatic heterocycles. The van der Waals surface area contributed by atoms with Crippen LogP contribution < -0.4 is 49.1 Å². The number of aliphatic carboxylic acids is 1. The number of carboxylic acids is 1. The Morgan fingerprint density at radius 1 is 0.812 bits per heavy atom. The fourth-order valence-electron chi connectivity index (χ4n) is 6.82. The van der Waals surface area contributed by atoms with Crippen molar-refractivity contribution in [3.63, 3.8) is 0 Å². The Bertz CT molecular complexity index is 1740. The van der Waals surface area contributed by atoms with Crippen molar-refractivity contribution in [2.45, 2.75) is 127 Å². The standard InChI is InChI=1S/C42H68N10O11S/c1-24(2)36(41(62)46-28-17-19-52(42(28)63)22-25(3)13-15-33(55)50-34(64-4)16-14-32(45)54)51-39(60)29(20-26-10-6-5-7-11-26)48-40(61)31(23-53)49-38(59)30(21-35(56)57)47-37(58)27(44)12-8-9-18-43/h5-7,10-11,24-25,27-31,34,36,53H,8-9,12-23,43-44H2,1-4H3,(H2,45,54)(H,46,62)(H,47,58)(H,48,61)(H,49,59)(H,50,55)(H,51,60)(H,56,57)/t25?,27-,28?,29-,30-,31-,34?,36-/m0/s1. The van der Waals surface area contributed by atoms with Crippen LogP contribution >= 0.6 is 11.8 Å². The van der Waals surface area contributed by atoms with Crippen LogP contribution in [0.25, 0.3) is 0 Å². The van der Waals surface area contributed by atoms with Crippen LogP contribution in [0.5, 0.6) is 0 Å². The lowest BCUT2D eigenvalue weighted by Gasteiger charge is -2.28. The molecule has 358 valence electrons. The quantitative estimate of drug-likeness (QED) is 0.0293. The number of aliphatic hydroxyl groups is 1. The maximum Gasteiger partial charge on any atom is 0.305 e. The average Bonchev–Trinajstić information content (AvgIpc) is 3.58. The highest BCUT2D eigenvalue weighted by Gasteiger charge is 2.37. The molecule has 0 bridgehead atoms. The van der Waals surface area contributed by atoms with Gasteiger partial charge in [0.05, 0.1) is 24.4 Å². The molecule has 21 nitrogen and oxygen atoms in total. The molecule has 1 heterocycles. The zero-order chi connectivity index (χ0) is 47.9. The maximum atomic E-state index is 14.0. The molecule has 0 saturated carbocycles. The molecule has 0 aromatic heterocycles. The highest BCUT2D eigenvalue weighted by atomic mass is 32.2. The zero-order valence-corrected chi connectivity index (χ0v) is 38.0. The van der Waals surface area contributed by atoms with Crippen molar-refractivity contribution in [3.05, 3.63) is 35.9 Å². The summed E-state index contributed by atoms with van der Waals surface area (Å²) in [6.45, 7) is 5.41. The van der Waals surface area contributed by atoms with Crippen LogP contribution in [0.4, 0.5) is 0 Å². The Hall–Kier alpha value is -5.32. The van der Waals surface area contributed by atoms with E-state index in [4.69, 9.17) is 17.2 Å². The Balaban J connectivity index is 2.11. The van der Waals surface area contributed by atoms with Gasteiger partial charge in [0.2, 0.25) is 47.3 Å². The van der Waals surface area contributed by atoms with Crippen LogP contribution in [-0.4, -0.2) is 142 Å². The van der Waals surface area contributed by atoms with Gasteiger partial charge in [-0.3, -0.25) is 43.2 Å². The third kappa shape index (κ3) is 19.6. The first-order chi connectivity index (χ1) is 30.3. The van der Waals surface area contributed by atoms with Gasteiger partial charge in [-0.05, 0) is 62.3 Å². The predicted molar refractivity (Wildman–Crippen MR) is 238 cm³/mol. The number of nitrogens with zero attached hydrogens (tertiary/aromatic N) is 1. The summed E-state index contributed by atoms with van der Waals surface area (Å²) in [6, 6.07) is 0.761. The van der Waals surface area contributed by atoms with Gasteiger partial charge in [0.1, 0.15) is 30.2 Å². The van der Waals surface area contributed by atoms with E-state index in [0.717, 1.165) is 0 Å². The molecule has 1 aromatic carbocycles. The van der Waals surface area contributed by atoms with Gasteiger partial charge >= 0.3 is 5.97 Å². The molecule has 64 heavy (non-hydrogen) atoms. The number of likely N-dealkylation sites (tertiary alicyclic amines) is 1. The van der Waals surface area contributed by atoms with Gasteiger partial charge < -0.3 is 64.2 Å². The van der Waals surface area contributed by atoms with E-state index in [1.165, 1.54) is 11.8 Å². The van der Waals surface area contributed by atoms with Gasteiger partial charge in [0.15, 0.2) is 0 Å². The summed E-state index contributed by atoms with van der Waals surface area (Å²) in [7, 11) is 0. The van der Waals surface area contributed by atoms with E-state index in [9.17, 15) is 53.4 Å². The smallest absolute Gasteiger partial charge is 0.305 e. The van der Waals surface area contributed by atoms with E-state index in [0.29, 0.717) is 57.3 Å². The molecule has 22 heteroatoms. The maximum absolute atomic E-state index is 14.0. The number of hydrogen-bond donors (Lipinski definition) is 11. The minimum atomic E-state index is -1.70. The first-order valence-electron chi connectivity index (χ1n) is 21.5. The molecule has 1 aliphatic rings. The van der Waals surface area contributed by atoms with Crippen LogP contribution in [0.15, 0.2) is 30.3 Å². The van der Waals surface area contributed by atoms with Crippen molar-refractivity contribution in [1.29, 1.82) is 0 Å². The number of carboxylic acid groups (broad SMARTS) is 1. The number of hydrogen-bond acceptors (Lipinski definition) is 13. The summed E-state index contributed by atoms with van der Waals surface area (Å²) in [6.07, 6.45) is 3.80. The molecule has 8 amide bonds. The second-order valence-electron chi connectivity index (χ2n) is 16.3. The molecule has 0 aliphatic carbocycles. The van der Waals surface area contributed by atoms with Crippen molar-refractivity contribution in [3.8, 4) is 0 Å². The predicted octanol–water partition coefficient (Wildman–Crippen LogP) is -2.05. The Morgan fingerprint density at radius 2 is 1.44 bits per heavy atom. The van der Waals surface area contributed by atoms with Crippen LogP contribution in [0.2, 0.25) is 0 Å². The first-order valence-corrected chi connectivity index (χ1v) is 22.8. The lowest BCUT2D eigenvalue weighted by atomic mass is 10.00. The van der Waals surface area contributed by atoms with E-state index in [-0.39, 0.29) is 48.8 Å². The van der Waals surface area contributed by atoms with Gasteiger partial charge in [-0.1, -0.05) is 57.5 Å². The number of amides is 8. The second kappa shape index (κ2) is 28.5. The third-order valence-corrected chi connectivity index (χ3v) is 11.5. The highest BCUT2D eigenvalue weighted by Crippen LogP contribution is 2.18. The number of aliphatic hydroxyl groups excluding tert-OH is 1. The van der Waals surface area contributed by atoms with Gasteiger partial charge in [-0.25, -0.2) is 0 Å². The number of carbonyl (C=O) groups excluding carboxylic acids is 8. The van der Waals surface area contributed by atoms with E-state index < -0.39 is 96.6 Å². The number of benzene rings is 1. The van der Waals surface area contributed by atoms with E-state index in [1.807, 2.05) is 13.2 Å². The number of nitrogens with two attached hydrogens (primary N) is 3. The van der Waals surface area contributed by atoms with Crippen molar-refractivity contribution in [2.24, 2.45) is 29.0 Å². The SMILES string of the molecule is CSC(CCC(N)=O)NC(=O)CCC(C)CN1CCC(NC(=O)[C@@H](NC(=O)[C@H](Cc2ccccc2)NC(=O)[C@H](CO)NC(=O)[C@H](CC(=O)O)NC(=O)[C@@H](N)CCCCN)C(C)C)C1=O. The number of primary amides is 1. The number of unbranched alkanes of at least 4 members (excludes halogenated alkanes) is 1. The first kappa shape index (κ1) is 54.8. The molecule has 1 fully saturated rings. The number of thioether (sulfide) groups is 1.